The van der Waals surface area contributed by atoms with Crippen molar-refractivity contribution in [2.45, 2.75) is 25.8 Å². The lowest BCUT2D eigenvalue weighted by Gasteiger charge is -2.23. The summed E-state index contributed by atoms with van der Waals surface area (Å²) in [4.78, 5) is 11.8. The molecule has 1 aliphatic heterocycles. The first kappa shape index (κ1) is 14.8. The second-order valence-corrected chi connectivity index (χ2v) is 7.74. The maximum absolute atomic E-state index is 11.8. The molecule has 0 aliphatic carbocycles. The first-order valence-electron chi connectivity index (χ1n) is 6.49. The fourth-order valence-corrected chi connectivity index (χ4v) is 4.36. The summed E-state index contributed by atoms with van der Waals surface area (Å²) in [6, 6.07) is 7.39. The number of ether oxygens (including phenoxy) is 1. The van der Waals surface area contributed by atoms with E-state index < -0.39 is 15.4 Å². The fourth-order valence-electron chi connectivity index (χ4n) is 2.27. The highest BCUT2D eigenvalue weighted by Crippen LogP contribution is 2.22. The summed E-state index contributed by atoms with van der Waals surface area (Å²) in [6.45, 7) is 3.61. The van der Waals surface area contributed by atoms with Crippen molar-refractivity contribution in [1.29, 1.82) is 0 Å². The molecule has 0 bridgehead atoms. The Morgan fingerprint density at radius 2 is 2.00 bits per heavy atom. The topological polar surface area (TPSA) is 72.5 Å². The van der Waals surface area contributed by atoms with Crippen LogP contribution < -0.4 is 10.1 Å². The Morgan fingerprint density at radius 3 is 2.55 bits per heavy atom. The van der Waals surface area contributed by atoms with E-state index in [1.807, 2.05) is 19.1 Å². The lowest BCUT2D eigenvalue weighted by Crippen LogP contribution is -2.48. The molecule has 1 fully saturated rings. The van der Waals surface area contributed by atoms with E-state index in [0.29, 0.717) is 12.2 Å². The van der Waals surface area contributed by atoms with E-state index >= 15 is 0 Å². The van der Waals surface area contributed by atoms with Crippen molar-refractivity contribution in [3.05, 3.63) is 29.8 Å². The van der Waals surface area contributed by atoms with Gasteiger partial charge in [-0.2, -0.15) is 0 Å². The van der Waals surface area contributed by atoms with Crippen LogP contribution in [0.2, 0.25) is 0 Å². The van der Waals surface area contributed by atoms with Crippen LogP contribution in [-0.4, -0.2) is 38.0 Å². The van der Waals surface area contributed by atoms with E-state index in [4.69, 9.17) is 4.74 Å². The number of rotatable bonds is 4. The molecule has 1 saturated heterocycles. The molecule has 0 spiro atoms. The van der Waals surface area contributed by atoms with Crippen molar-refractivity contribution in [2.24, 2.45) is 0 Å². The van der Waals surface area contributed by atoms with E-state index in [-0.39, 0.29) is 24.0 Å². The fraction of sp³-hybridized carbons (Fsp3) is 0.500. The van der Waals surface area contributed by atoms with Gasteiger partial charge in [0.05, 0.1) is 17.0 Å². The molecular weight excluding hydrogens is 278 g/mol. The van der Waals surface area contributed by atoms with Gasteiger partial charge in [-0.3, -0.25) is 4.79 Å². The molecule has 0 radical (unpaired) electrons. The van der Waals surface area contributed by atoms with Crippen LogP contribution in [0.15, 0.2) is 24.3 Å². The number of hydrogen-bond acceptors (Lipinski definition) is 4. The molecule has 1 N–H and O–H groups in total. The minimum Gasteiger partial charge on any atom is -0.484 e. The van der Waals surface area contributed by atoms with Crippen LogP contribution in [0.25, 0.3) is 0 Å². The number of amides is 1. The third-order valence-corrected chi connectivity index (χ3v) is 5.24. The van der Waals surface area contributed by atoms with Crippen molar-refractivity contribution in [3.8, 4) is 5.75 Å². The molecule has 1 aromatic rings. The highest BCUT2D eigenvalue weighted by molar-refractivity contribution is 7.91. The molecule has 1 atom stereocenters. The van der Waals surface area contributed by atoms with Crippen molar-refractivity contribution in [2.75, 3.05) is 18.1 Å². The molecule has 1 aromatic carbocycles. The summed E-state index contributed by atoms with van der Waals surface area (Å²) in [5.41, 5.74) is 0.442. The highest BCUT2D eigenvalue weighted by Gasteiger charge is 2.39. The number of carbonyl (C=O) groups is 1. The Kier molecular flexibility index (Phi) is 4.04. The number of benzene rings is 1. The smallest absolute Gasteiger partial charge is 0.258 e. The van der Waals surface area contributed by atoms with Gasteiger partial charge in [0.25, 0.3) is 5.91 Å². The normalized spacial score (nSPS) is 24.3. The van der Waals surface area contributed by atoms with Crippen molar-refractivity contribution in [1.82, 2.24) is 5.32 Å². The molecular formula is C14H19NO4S. The summed E-state index contributed by atoms with van der Waals surface area (Å²) in [7, 11) is -3.03. The third-order valence-electron chi connectivity index (χ3n) is 3.34. The maximum atomic E-state index is 11.8. The second kappa shape index (κ2) is 5.44. The predicted molar refractivity (Wildman–Crippen MR) is 76.5 cm³/mol. The number of nitrogens with one attached hydrogen (secondary N) is 1. The molecule has 5 nitrogen and oxygen atoms in total. The van der Waals surface area contributed by atoms with Gasteiger partial charge in [-0.05, 0) is 32.4 Å². The quantitative estimate of drug-likeness (QED) is 0.902. The molecule has 0 aromatic heterocycles. The van der Waals surface area contributed by atoms with Gasteiger partial charge in [-0.15, -0.1) is 0 Å². The summed E-state index contributed by atoms with van der Waals surface area (Å²) in [5, 5.41) is 2.75. The summed E-state index contributed by atoms with van der Waals surface area (Å²) >= 11 is 0. The lowest BCUT2D eigenvalue weighted by molar-refractivity contribution is -0.124. The number of hydrogen-bond donors (Lipinski definition) is 1. The van der Waals surface area contributed by atoms with Gasteiger partial charge >= 0.3 is 0 Å². The number of carbonyl (C=O) groups excluding carboxylic acids is 1. The SMILES string of the molecule is Cc1ccc(OCC(=O)NC2(C)CCS(=O)(=O)C2)cc1. The van der Waals surface area contributed by atoms with Gasteiger partial charge in [-0.1, -0.05) is 17.7 Å². The molecule has 1 aliphatic rings. The summed E-state index contributed by atoms with van der Waals surface area (Å²) in [5.74, 6) is 0.443. The zero-order valence-electron chi connectivity index (χ0n) is 11.7. The predicted octanol–water partition coefficient (Wildman–Crippen LogP) is 1.07. The van der Waals surface area contributed by atoms with Gasteiger partial charge in [-0.25, -0.2) is 8.42 Å². The monoisotopic (exact) mass is 297 g/mol. The van der Waals surface area contributed by atoms with Crippen LogP contribution in [0.5, 0.6) is 5.75 Å². The average Bonchev–Trinajstić information content (AvgIpc) is 2.62. The van der Waals surface area contributed by atoms with Crippen molar-refractivity contribution in [3.63, 3.8) is 0 Å². The Labute approximate surface area is 119 Å². The Hall–Kier alpha value is -1.56. The van der Waals surface area contributed by atoms with Crippen molar-refractivity contribution < 1.29 is 17.9 Å². The Morgan fingerprint density at radius 1 is 1.35 bits per heavy atom. The molecule has 2 rings (SSSR count). The van der Waals surface area contributed by atoms with Gasteiger partial charge < -0.3 is 10.1 Å². The van der Waals surface area contributed by atoms with Gasteiger partial charge in [0.2, 0.25) is 0 Å². The Bertz CT molecular complexity index is 594. The van der Waals surface area contributed by atoms with E-state index in [9.17, 15) is 13.2 Å². The maximum Gasteiger partial charge on any atom is 0.258 e. The Balaban J connectivity index is 1.85. The minimum atomic E-state index is -3.03. The van der Waals surface area contributed by atoms with Crippen molar-refractivity contribution >= 4 is 15.7 Å². The number of sulfone groups is 1. The lowest BCUT2D eigenvalue weighted by atomic mass is 10.0. The third kappa shape index (κ3) is 3.96. The van der Waals surface area contributed by atoms with Crippen LogP contribution in [0.4, 0.5) is 0 Å². The number of aryl methyl sites for hydroxylation is 1. The van der Waals surface area contributed by atoms with Gasteiger partial charge in [0.15, 0.2) is 16.4 Å². The molecule has 6 heteroatoms. The first-order chi connectivity index (χ1) is 9.28. The zero-order valence-corrected chi connectivity index (χ0v) is 12.5. The standard InChI is InChI=1S/C14H19NO4S/c1-11-3-5-12(6-4-11)19-9-13(16)15-14(2)7-8-20(17,18)10-14/h3-6H,7-10H2,1-2H3,(H,15,16). The first-order valence-corrected chi connectivity index (χ1v) is 8.31. The van der Waals surface area contributed by atoms with Crippen LogP contribution in [-0.2, 0) is 14.6 Å². The minimum absolute atomic E-state index is 0.00370. The van der Waals surface area contributed by atoms with Crippen LogP contribution in [0.3, 0.4) is 0 Å². The summed E-state index contributed by atoms with van der Waals surface area (Å²) in [6.07, 6.45) is 0.450. The van der Waals surface area contributed by atoms with E-state index in [1.54, 1.807) is 19.1 Å². The molecule has 1 amide bonds. The molecule has 110 valence electrons. The van der Waals surface area contributed by atoms with Gasteiger partial charge in [0, 0.05) is 0 Å². The second-order valence-electron chi connectivity index (χ2n) is 5.55. The molecule has 20 heavy (non-hydrogen) atoms. The largest absolute Gasteiger partial charge is 0.484 e. The molecule has 1 unspecified atom stereocenters. The molecule has 1 heterocycles. The van der Waals surface area contributed by atoms with E-state index in [2.05, 4.69) is 5.32 Å². The van der Waals surface area contributed by atoms with Crippen LogP contribution in [0, 0.1) is 6.92 Å². The molecule has 0 saturated carbocycles. The van der Waals surface area contributed by atoms with Crippen LogP contribution >= 0.6 is 0 Å². The van der Waals surface area contributed by atoms with Gasteiger partial charge in [0.1, 0.15) is 5.75 Å². The average molecular weight is 297 g/mol. The van der Waals surface area contributed by atoms with E-state index in [1.165, 1.54) is 0 Å². The summed E-state index contributed by atoms with van der Waals surface area (Å²) < 4.78 is 28.3. The van der Waals surface area contributed by atoms with Crippen LogP contribution in [0.1, 0.15) is 18.9 Å². The zero-order chi connectivity index (χ0) is 14.8. The highest BCUT2D eigenvalue weighted by atomic mass is 32.2. The van der Waals surface area contributed by atoms with E-state index in [0.717, 1.165) is 5.56 Å².